The van der Waals surface area contributed by atoms with Gasteiger partial charge in [-0.2, -0.15) is 0 Å². The molecule has 8 nitrogen and oxygen atoms in total. The van der Waals surface area contributed by atoms with E-state index in [1.165, 1.54) is 0 Å². The number of rotatable bonds is 10. The second kappa shape index (κ2) is 18.2. The molecule has 0 aliphatic carbocycles. The summed E-state index contributed by atoms with van der Waals surface area (Å²) in [5.41, 5.74) is 3.40. The van der Waals surface area contributed by atoms with Gasteiger partial charge in [0.2, 0.25) is 0 Å². The van der Waals surface area contributed by atoms with Gasteiger partial charge in [0.15, 0.2) is 0 Å². The smallest absolute Gasteiger partial charge is 0.408 e. The number of hydrogen-bond acceptors (Lipinski definition) is 6. The third-order valence-electron chi connectivity index (χ3n) is 6.19. The normalized spacial score (nSPS) is 11.2. The Morgan fingerprint density at radius 1 is 0.837 bits per heavy atom. The fourth-order valence-electron chi connectivity index (χ4n) is 3.87. The van der Waals surface area contributed by atoms with Crippen LogP contribution in [0.5, 0.6) is 0 Å². The number of aldehydes is 1. The predicted molar refractivity (Wildman–Crippen MR) is 170 cm³/mol. The molecule has 1 atom stereocenters. The number of amides is 1. The van der Waals surface area contributed by atoms with Crippen LogP contribution >= 0.6 is 0 Å². The molecule has 1 aromatic heterocycles. The third kappa shape index (κ3) is 12.1. The Balaban J connectivity index is 0.000000720. The molecule has 8 heteroatoms. The Hall–Kier alpha value is -4.43. The van der Waals surface area contributed by atoms with Gasteiger partial charge in [0.25, 0.3) is 0 Å². The van der Waals surface area contributed by atoms with Gasteiger partial charge in [0, 0.05) is 30.6 Å². The van der Waals surface area contributed by atoms with E-state index in [4.69, 9.17) is 14.2 Å². The molecule has 1 unspecified atom stereocenters. The van der Waals surface area contributed by atoms with Crippen molar-refractivity contribution < 1.29 is 28.6 Å². The molecule has 0 fully saturated rings. The monoisotopic (exact) mass is 588 g/mol. The fourth-order valence-corrected chi connectivity index (χ4v) is 3.87. The minimum atomic E-state index is -0.975. The molecule has 3 aromatic carbocycles. The molecule has 0 saturated carbocycles. The lowest BCUT2D eigenvalue weighted by Gasteiger charge is -2.18. The van der Waals surface area contributed by atoms with Crippen LogP contribution in [0.4, 0.5) is 4.79 Å². The van der Waals surface area contributed by atoms with Crippen molar-refractivity contribution in [2.45, 2.75) is 72.4 Å². The second-order valence-electron chi connectivity index (χ2n) is 10.4. The van der Waals surface area contributed by atoms with Crippen molar-refractivity contribution in [2.75, 3.05) is 7.11 Å². The second-order valence-corrected chi connectivity index (χ2v) is 10.4. The first-order valence-electron chi connectivity index (χ1n) is 14.4. The summed E-state index contributed by atoms with van der Waals surface area (Å²) in [6.45, 7) is 10.4. The summed E-state index contributed by atoms with van der Waals surface area (Å²) < 4.78 is 17.6. The van der Waals surface area contributed by atoms with Crippen LogP contribution in [0.1, 0.15) is 51.3 Å². The molecule has 230 valence electrons. The van der Waals surface area contributed by atoms with E-state index in [0.717, 1.165) is 33.9 Å². The van der Waals surface area contributed by atoms with Crippen molar-refractivity contribution in [3.8, 4) is 0 Å². The standard InChI is InChI=1S/C28H26N2O5.C5H12O.C2H6/c31-16-15-30-18-23(24-13-7-8-14-26(24)30)17-25(27(32)34-19-21-9-3-1-4-10-21)29-28(33)35-20-22-11-5-2-6-12-22;1-5(2,3)6-4;1-2/h1-14,16,18,25H,15,17,19-20H2,(H,29,33);1-4H3;1-2H3. The lowest BCUT2D eigenvalue weighted by molar-refractivity contribution is -0.147. The van der Waals surface area contributed by atoms with E-state index in [1.807, 2.05) is 130 Å². The highest BCUT2D eigenvalue weighted by atomic mass is 16.6. The van der Waals surface area contributed by atoms with E-state index in [0.29, 0.717) is 0 Å². The zero-order chi connectivity index (χ0) is 31.7. The zero-order valence-electron chi connectivity index (χ0n) is 26.0. The van der Waals surface area contributed by atoms with Gasteiger partial charge in [-0.05, 0) is 43.5 Å². The number of nitrogens with one attached hydrogen (secondary N) is 1. The van der Waals surface area contributed by atoms with Crippen LogP contribution < -0.4 is 5.32 Å². The van der Waals surface area contributed by atoms with Gasteiger partial charge in [-0.15, -0.1) is 0 Å². The van der Waals surface area contributed by atoms with E-state index < -0.39 is 18.1 Å². The van der Waals surface area contributed by atoms with E-state index in [1.54, 1.807) is 7.11 Å². The number of nitrogens with zero attached hydrogens (tertiary/aromatic N) is 1. The molecule has 1 heterocycles. The van der Waals surface area contributed by atoms with Crippen molar-refractivity contribution in [3.63, 3.8) is 0 Å². The molecule has 4 aromatic rings. The van der Waals surface area contributed by atoms with Crippen molar-refractivity contribution in [1.82, 2.24) is 9.88 Å². The summed E-state index contributed by atoms with van der Waals surface area (Å²) in [7, 11) is 1.71. The number of hydrogen-bond donors (Lipinski definition) is 1. The molecule has 1 N–H and O–H groups in total. The molecule has 0 bridgehead atoms. The van der Waals surface area contributed by atoms with Gasteiger partial charge in [-0.1, -0.05) is 92.7 Å². The average molecular weight is 589 g/mol. The van der Waals surface area contributed by atoms with E-state index in [-0.39, 0.29) is 31.8 Å². The molecule has 0 spiro atoms. The van der Waals surface area contributed by atoms with Crippen LogP contribution in [-0.4, -0.2) is 41.7 Å². The quantitative estimate of drug-likeness (QED) is 0.160. The Labute approximate surface area is 255 Å². The Kier molecular flexibility index (Phi) is 14.7. The number of methoxy groups -OCH3 is 1. The number of fused-ring (bicyclic) bond motifs is 1. The van der Waals surface area contributed by atoms with Gasteiger partial charge >= 0.3 is 12.1 Å². The Morgan fingerprint density at radius 3 is 1.88 bits per heavy atom. The molecule has 43 heavy (non-hydrogen) atoms. The highest BCUT2D eigenvalue weighted by Gasteiger charge is 2.25. The van der Waals surface area contributed by atoms with Crippen LogP contribution in [0.25, 0.3) is 10.9 Å². The van der Waals surface area contributed by atoms with Crippen molar-refractivity contribution in [1.29, 1.82) is 0 Å². The summed E-state index contributed by atoms with van der Waals surface area (Å²) in [6.07, 6.45) is 2.11. The highest BCUT2D eigenvalue weighted by molar-refractivity contribution is 5.87. The molecular formula is C35H44N2O6. The van der Waals surface area contributed by atoms with E-state index >= 15 is 0 Å². The maximum atomic E-state index is 13.0. The fraction of sp³-hybridized carbons (Fsp3) is 0.343. The largest absolute Gasteiger partial charge is 0.459 e. The summed E-state index contributed by atoms with van der Waals surface area (Å²) in [5, 5.41) is 3.56. The number of aromatic nitrogens is 1. The number of para-hydroxylation sites is 1. The van der Waals surface area contributed by atoms with Gasteiger partial charge in [-0.25, -0.2) is 9.59 Å². The molecule has 1 amide bonds. The summed E-state index contributed by atoms with van der Waals surface area (Å²) >= 11 is 0. The first kappa shape index (κ1) is 34.8. The van der Waals surface area contributed by atoms with Gasteiger partial charge in [0.05, 0.1) is 12.1 Å². The number of alkyl carbamates (subject to hydrolysis) is 1. The van der Waals surface area contributed by atoms with Crippen LogP contribution in [0, 0.1) is 0 Å². The zero-order valence-corrected chi connectivity index (χ0v) is 26.0. The maximum Gasteiger partial charge on any atom is 0.408 e. The average Bonchev–Trinajstić information content (AvgIpc) is 3.37. The number of ether oxygens (including phenoxy) is 3. The number of carbonyl (C=O) groups is 3. The Bertz CT molecular complexity index is 1390. The van der Waals surface area contributed by atoms with Crippen molar-refractivity contribution in [2.24, 2.45) is 0 Å². The van der Waals surface area contributed by atoms with Crippen LogP contribution in [0.2, 0.25) is 0 Å². The predicted octanol–water partition coefficient (Wildman–Crippen LogP) is 6.88. The van der Waals surface area contributed by atoms with E-state index in [9.17, 15) is 14.4 Å². The highest BCUT2D eigenvalue weighted by Crippen LogP contribution is 2.23. The minimum Gasteiger partial charge on any atom is -0.459 e. The molecule has 0 aliphatic heterocycles. The SMILES string of the molecule is CC.COC(C)(C)C.O=CCn1cc(CC(NC(=O)OCc2ccccc2)C(=O)OCc2ccccc2)c2ccccc21. The minimum absolute atomic E-state index is 0.0417. The summed E-state index contributed by atoms with van der Waals surface area (Å²) in [6, 6.07) is 25.2. The maximum absolute atomic E-state index is 13.0. The van der Waals surface area contributed by atoms with Gasteiger partial charge in [0.1, 0.15) is 25.5 Å². The van der Waals surface area contributed by atoms with E-state index in [2.05, 4.69) is 5.32 Å². The van der Waals surface area contributed by atoms with Crippen LogP contribution in [0.3, 0.4) is 0 Å². The first-order chi connectivity index (χ1) is 20.7. The summed E-state index contributed by atoms with van der Waals surface area (Å²) in [4.78, 5) is 36.8. The molecular weight excluding hydrogens is 544 g/mol. The molecule has 4 rings (SSSR count). The lowest BCUT2D eigenvalue weighted by Crippen LogP contribution is -2.43. The summed E-state index contributed by atoms with van der Waals surface area (Å²) in [5.74, 6) is -0.572. The number of esters is 1. The first-order valence-corrected chi connectivity index (χ1v) is 14.4. The molecule has 0 saturated heterocycles. The molecule has 0 radical (unpaired) electrons. The van der Waals surface area contributed by atoms with Crippen molar-refractivity contribution in [3.05, 3.63) is 108 Å². The van der Waals surface area contributed by atoms with Crippen LogP contribution in [0.15, 0.2) is 91.1 Å². The van der Waals surface area contributed by atoms with Gasteiger partial charge in [-0.3, -0.25) is 0 Å². The van der Waals surface area contributed by atoms with Crippen LogP contribution in [-0.2, 0) is 50.0 Å². The topological polar surface area (TPSA) is 95.9 Å². The Morgan fingerprint density at radius 2 is 1.35 bits per heavy atom. The number of carbonyl (C=O) groups excluding carboxylic acids is 3. The van der Waals surface area contributed by atoms with Crippen molar-refractivity contribution >= 4 is 29.3 Å². The number of benzene rings is 3. The lowest BCUT2D eigenvalue weighted by atomic mass is 10.1. The van der Waals surface area contributed by atoms with Gasteiger partial charge < -0.3 is 28.9 Å². The third-order valence-corrected chi connectivity index (χ3v) is 6.19. The molecule has 0 aliphatic rings.